The molecule has 164 valence electrons. The second-order valence-corrected chi connectivity index (χ2v) is 8.53. The zero-order valence-electron chi connectivity index (χ0n) is 17.3. The minimum absolute atomic E-state index is 0.0189. The van der Waals surface area contributed by atoms with Crippen molar-refractivity contribution in [2.24, 2.45) is 0 Å². The monoisotopic (exact) mass is 494 g/mol. The summed E-state index contributed by atoms with van der Waals surface area (Å²) in [5.41, 5.74) is 5.22. The number of carbonyl (C=O) groups excluding carboxylic acids is 1. The number of nitrogens with one attached hydrogen (secondary N) is 2. The highest BCUT2D eigenvalue weighted by atomic mass is 79.9. The molecule has 1 atom stereocenters. The van der Waals surface area contributed by atoms with Gasteiger partial charge in [-0.2, -0.15) is 0 Å². The van der Waals surface area contributed by atoms with Crippen LogP contribution in [0.3, 0.4) is 0 Å². The molecule has 6 nitrogen and oxygen atoms in total. The van der Waals surface area contributed by atoms with Crippen molar-refractivity contribution < 1.29 is 19.4 Å². The van der Waals surface area contributed by atoms with Crippen LogP contribution in [-0.2, 0) is 22.6 Å². The van der Waals surface area contributed by atoms with Gasteiger partial charge in [0.25, 0.3) is 0 Å². The van der Waals surface area contributed by atoms with E-state index >= 15 is 0 Å². The first kappa shape index (κ1) is 22.0. The van der Waals surface area contributed by atoms with E-state index in [1.807, 2.05) is 42.5 Å². The van der Waals surface area contributed by atoms with E-state index in [1.165, 1.54) is 5.56 Å². The maximum Gasteiger partial charge on any atom is 0.335 e. The lowest BCUT2D eigenvalue weighted by Crippen LogP contribution is -2.18. The third-order valence-corrected chi connectivity index (χ3v) is 6.05. The van der Waals surface area contributed by atoms with Crippen molar-refractivity contribution >= 4 is 39.2 Å². The molecule has 4 rings (SSSR count). The maximum atomic E-state index is 12.3. The predicted octanol–water partition coefficient (Wildman–Crippen LogP) is 5.40. The van der Waals surface area contributed by atoms with Crippen molar-refractivity contribution in [2.75, 3.05) is 17.2 Å². The summed E-state index contributed by atoms with van der Waals surface area (Å²) in [5, 5.41) is 15.4. The third-order valence-electron chi connectivity index (χ3n) is 5.40. The van der Waals surface area contributed by atoms with Crippen LogP contribution in [-0.4, -0.2) is 23.6 Å². The number of anilines is 2. The van der Waals surface area contributed by atoms with E-state index in [4.69, 9.17) is 9.84 Å². The minimum atomic E-state index is -0.938. The quantitative estimate of drug-likeness (QED) is 0.390. The van der Waals surface area contributed by atoms with Crippen LogP contribution < -0.4 is 10.6 Å². The Labute approximate surface area is 194 Å². The van der Waals surface area contributed by atoms with Gasteiger partial charge in [-0.3, -0.25) is 4.79 Å². The van der Waals surface area contributed by atoms with Crippen molar-refractivity contribution in [3.63, 3.8) is 0 Å². The third kappa shape index (κ3) is 5.36. The highest BCUT2D eigenvalue weighted by molar-refractivity contribution is 9.10. The van der Waals surface area contributed by atoms with Gasteiger partial charge in [0, 0.05) is 10.2 Å². The number of ether oxygens (including phenoxy) is 1. The molecule has 0 fully saturated rings. The Balaban J connectivity index is 1.36. The highest BCUT2D eigenvalue weighted by Crippen LogP contribution is 2.38. The first-order valence-corrected chi connectivity index (χ1v) is 11.1. The van der Waals surface area contributed by atoms with Crippen molar-refractivity contribution in [3.8, 4) is 0 Å². The highest BCUT2D eigenvalue weighted by Gasteiger charge is 2.24. The topological polar surface area (TPSA) is 87.7 Å². The molecule has 1 amide bonds. The average molecular weight is 495 g/mol. The molecular weight excluding hydrogens is 472 g/mol. The number of hydrogen-bond donors (Lipinski definition) is 3. The van der Waals surface area contributed by atoms with E-state index in [-0.39, 0.29) is 24.1 Å². The second-order valence-electron chi connectivity index (χ2n) is 7.68. The molecule has 0 heterocycles. The minimum Gasteiger partial charge on any atom is -0.478 e. The molecule has 1 aliphatic rings. The molecule has 32 heavy (non-hydrogen) atoms. The van der Waals surface area contributed by atoms with Crippen LogP contribution in [0.2, 0.25) is 0 Å². The number of carboxylic acids is 1. The zero-order valence-corrected chi connectivity index (χ0v) is 18.9. The van der Waals surface area contributed by atoms with Crippen molar-refractivity contribution in [3.05, 3.63) is 93.5 Å². The van der Waals surface area contributed by atoms with Crippen LogP contribution in [0.4, 0.5) is 11.4 Å². The van der Waals surface area contributed by atoms with Crippen LogP contribution >= 0.6 is 15.9 Å². The van der Waals surface area contributed by atoms with E-state index in [9.17, 15) is 9.59 Å². The number of aromatic carboxylic acids is 1. The molecule has 3 aromatic carbocycles. The van der Waals surface area contributed by atoms with Gasteiger partial charge in [-0.1, -0.05) is 30.3 Å². The number of hydrogen-bond acceptors (Lipinski definition) is 4. The lowest BCUT2D eigenvalue weighted by Gasteiger charge is -2.17. The molecule has 3 aromatic rings. The summed E-state index contributed by atoms with van der Waals surface area (Å²) in [6.45, 7) is 0.370. The number of carboxylic acid groups (broad SMARTS) is 1. The molecule has 0 aliphatic heterocycles. The summed E-state index contributed by atoms with van der Waals surface area (Å²) in [6.07, 6.45) is 1.81. The van der Waals surface area contributed by atoms with E-state index in [2.05, 4.69) is 26.6 Å². The van der Waals surface area contributed by atoms with E-state index in [0.29, 0.717) is 6.61 Å². The predicted molar refractivity (Wildman–Crippen MR) is 127 cm³/mol. The molecule has 0 spiro atoms. The Bertz CT molecular complexity index is 1120. The standard InChI is InChI=1S/C25H23BrN2O4/c26-21-13-20-18(8-11-22(20)27-19-9-6-17(7-10-19)25(30)31)12-23(21)28-24(29)15-32-14-16-4-2-1-3-5-16/h1-7,9-10,12-13,22,27H,8,11,14-15H2,(H,28,29)(H,30,31). The number of fused-ring (bicyclic) bond motifs is 1. The first-order chi connectivity index (χ1) is 15.5. The van der Waals surface area contributed by atoms with Gasteiger partial charge in [0.2, 0.25) is 5.91 Å². The Kier molecular flexibility index (Phi) is 6.87. The summed E-state index contributed by atoms with van der Waals surface area (Å²) in [5.74, 6) is -1.14. The first-order valence-electron chi connectivity index (χ1n) is 10.3. The molecule has 0 saturated carbocycles. The normalized spacial score (nSPS) is 14.6. The lowest BCUT2D eigenvalue weighted by atomic mass is 10.1. The Morgan fingerprint density at radius 1 is 1.06 bits per heavy atom. The zero-order chi connectivity index (χ0) is 22.5. The molecule has 3 N–H and O–H groups in total. The Hall–Kier alpha value is -3.16. The molecule has 7 heteroatoms. The van der Waals surface area contributed by atoms with Crippen LogP contribution in [0, 0.1) is 0 Å². The molecule has 1 unspecified atom stereocenters. The van der Waals surface area contributed by atoms with Gasteiger partial charge >= 0.3 is 5.97 Å². The lowest BCUT2D eigenvalue weighted by molar-refractivity contribution is -0.121. The van der Waals surface area contributed by atoms with Gasteiger partial charge in [0.1, 0.15) is 6.61 Å². The van der Waals surface area contributed by atoms with Gasteiger partial charge in [-0.05, 0) is 81.9 Å². The maximum absolute atomic E-state index is 12.3. The number of benzene rings is 3. The van der Waals surface area contributed by atoms with Gasteiger partial charge in [0.05, 0.1) is 23.9 Å². The number of rotatable bonds is 8. The summed E-state index contributed by atoms with van der Waals surface area (Å²) in [4.78, 5) is 23.4. The van der Waals surface area contributed by atoms with E-state index in [0.717, 1.165) is 39.8 Å². The molecule has 0 aromatic heterocycles. The Morgan fingerprint density at radius 2 is 1.81 bits per heavy atom. The molecule has 0 saturated heterocycles. The fraction of sp³-hybridized carbons (Fsp3) is 0.200. The van der Waals surface area contributed by atoms with E-state index in [1.54, 1.807) is 24.3 Å². The van der Waals surface area contributed by atoms with Gasteiger partial charge in [-0.15, -0.1) is 0 Å². The van der Waals surface area contributed by atoms with Crippen molar-refractivity contribution in [1.29, 1.82) is 0 Å². The van der Waals surface area contributed by atoms with Gasteiger partial charge in [0.15, 0.2) is 0 Å². The Morgan fingerprint density at radius 3 is 2.53 bits per heavy atom. The SMILES string of the molecule is O=C(COCc1ccccc1)Nc1cc2c(cc1Br)C(Nc1ccc(C(=O)O)cc1)CC2. The summed E-state index contributed by atoms with van der Waals surface area (Å²) in [7, 11) is 0. The fourth-order valence-corrected chi connectivity index (χ4v) is 4.27. The van der Waals surface area contributed by atoms with Crippen LogP contribution in [0.25, 0.3) is 0 Å². The van der Waals surface area contributed by atoms with Crippen LogP contribution in [0.15, 0.2) is 71.2 Å². The summed E-state index contributed by atoms with van der Waals surface area (Å²) < 4.78 is 6.33. The van der Waals surface area contributed by atoms with Crippen molar-refractivity contribution in [1.82, 2.24) is 0 Å². The number of carbonyl (C=O) groups is 2. The second kappa shape index (κ2) is 9.97. The molecular formula is C25H23BrN2O4. The summed E-state index contributed by atoms with van der Waals surface area (Å²) in [6, 6.07) is 20.6. The smallest absolute Gasteiger partial charge is 0.335 e. The fourth-order valence-electron chi connectivity index (χ4n) is 3.81. The number of halogens is 1. The van der Waals surface area contributed by atoms with Crippen molar-refractivity contribution in [2.45, 2.75) is 25.5 Å². The van der Waals surface area contributed by atoms with Gasteiger partial charge in [-0.25, -0.2) is 4.79 Å². The summed E-state index contributed by atoms with van der Waals surface area (Å²) >= 11 is 3.57. The average Bonchev–Trinajstić information content (AvgIpc) is 3.16. The molecule has 0 bridgehead atoms. The van der Waals surface area contributed by atoms with Crippen LogP contribution in [0.1, 0.15) is 39.5 Å². The van der Waals surface area contributed by atoms with Gasteiger partial charge < -0.3 is 20.5 Å². The molecule has 1 aliphatic carbocycles. The molecule has 0 radical (unpaired) electrons. The largest absolute Gasteiger partial charge is 0.478 e. The van der Waals surface area contributed by atoms with Crippen LogP contribution in [0.5, 0.6) is 0 Å². The number of aryl methyl sites for hydroxylation is 1. The number of amides is 1. The van der Waals surface area contributed by atoms with E-state index < -0.39 is 5.97 Å².